The quantitative estimate of drug-likeness (QED) is 0.766. The van der Waals surface area contributed by atoms with Gasteiger partial charge in [-0.1, -0.05) is 12.1 Å². The molecule has 0 aliphatic carbocycles. The van der Waals surface area contributed by atoms with Crippen LogP contribution in [0.5, 0.6) is 0 Å². The number of hydrogen-bond acceptors (Lipinski definition) is 2. The molecular formula is C12H18Cl2N2Ni. The fourth-order valence-electron chi connectivity index (χ4n) is 2.07. The first-order valence-corrected chi connectivity index (χ1v) is 8.26. The summed E-state index contributed by atoms with van der Waals surface area (Å²) in [6, 6.07) is 8.64. The van der Waals surface area contributed by atoms with Gasteiger partial charge in [-0.25, -0.2) is 0 Å². The molecule has 1 aromatic rings. The fraction of sp³-hybridized carbons (Fsp3) is 0.500. The van der Waals surface area contributed by atoms with Crippen molar-refractivity contribution in [2.24, 2.45) is 0 Å². The van der Waals surface area contributed by atoms with E-state index < -0.39 is 0 Å². The minimum atomic E-state index is 0.569. The van der Waals surface area contributed by atoms with Crippen molar-refractivity contribution in [3.63, 3.8) is 0 Å². The Balaban J connectivity index is 0.000000437. The average molecular weight is 320 g/mol. The van der Waals surface area contributed by atoms with Gasteiger partial charge in [0.15, 0.2) is 0 Å². The second-order valence-corrected chi connectivity index (χ2v) is 5.75. The number of halogens is 2. The van der Waals surface area contributed by atoms with Crippen LogP contribution in [0.3, 0.4) is 0 Å². The van der Waals surface area contributed by atoms with Crippen LogP contribution in [0.1, 0.15) is 12.8 Å². The van der Waals surface area contributed by atoms with E-state index in [1.165, 1.54) is 37.3 Å². The van der Waals surface area contributed by atoms with Crippen LogP contribution in [-0.4, -0.2) is 27.2 Å². The van der Waals surface area contributed by atoms with Crippen LogP contribution in [0.15, 0.2) is 24.3 Å². The molecule has 0 bridgehead atoms. The molecule has 0 radical (unpaired) electrons. The summed E-state index contributed by atoms with van der Waals surface area (Å²) in [5.41, 5.74) is 2.71. The van der Waals surface area contributed by atoms with Crippen molar-refractivity contribution in [2.45, 2.75) is 12.8 Å². The molecule has 0 amide bonds. The van der Waals surface area contributed by atoms with Gasteiger partial charge >= 0.3 is 33.0 Å². The molecule has 1 aromatic carbocycles. The molecule has 0 spiro atoms. The summed E-state index contributed by atoms with van der Waals surface area (Å²) >= 11 is 0.569. The predicted molar refractivity (Wildman–Crippen MR) is 73.9 cm³/mol. The van der Waals surface area contributed by atoms with E-state index in [-0.39, 0.29) is 0 Å². The molecule has 0 saturated carbocycles. The Hall–Kier alpha value is -0.106. The number of para-hydroxylation sites is 2. The maximum absolute atomic E-state index is 4.70. The topological polar surface area (TPSA) is 6.48 Å². The third-order valence-electron chi connectivity index (χ3n) is 2.81. The van der Waals surface area contributed by atoms with Crippen LogP contribution >= 0.6 is 20.4 Å². The molecule has 0 aromatic heterocycles. The standard InChI is InChI=1S/C12H18N2.2ClH.Ni/c1-13(2)11-7-3-4-8-12(11)14-9-5-6-10-14;;;/h3-4,7-8H,5-6,9-10H2,1-2H3;2*1H;/q;;;+2/p-2. The van der Waals surface area contributed by atoms with Gasteiger partial charge in [0, 0.05) is 27.2 Å². The SMILES string of the molecule is CN(C)c1ccccc1N1CCCC1.[Cl][Ni][Cl]. The van der Waals surface area contributed by atoms with Gasteiger partial charge in [-0.2, -0.15) is 0 Å². The molecule has 2 nitrogen and oxygen atoms in total. The third kappa shape index (κ3) is 4.58. The van der Waals surface area contributed by atoms with E-state index in [1.54, 1.807) is 0 Å². The molecular weight excluding hydrogens is 302 g/mol. The Bertz CT molecular complexity index is 328. The van der Waals surface area contributed by atoms with Crippen molar-refractivity contribution >= 4 is 31.8 Å². The molecule has 17 heavy (non-hydrogen) atoms. The molecule has 0 unspecified atom stereocenters. The number of rotatable bonds is 2. The van der Waals surface area contributed by atoms with Gasteiger partial charge in [-0.3, -0.25) is 0 Å². The normalized spacial score (nSPS) is 14.5. The first kappa shape index (κ1) is 15.0. The molecule has 2 rings (SSSR count). The monoisotopic (exact) mass is 318 g/mol. The number of hydrogen-bond donors (Lipinski definition) is 0. The maximum atomic E-state index is 4.70. The summed E-state index contributed by atoms with van der Waals surface area (Å²) in [6.07, 6.45) is 2.67. The van der Waals surface area contributed by atoms with Crippen molar-refractivity contribution in [1.29, 1.82) is 0 Å². The zero-order chi connectivity index (χ0) is 12.7. The van der Waals surface area contributed by atoms with Gasteiger partial charge in [0.2, 0.25) is 0 Å². The van der Waals surface area contributed by atoms with Gasteiger partial charge in [-0.05, 0) is 25.0 Å². The zero-order valence-corrected chi connectivity index (χ0v) is 12.6. The molecule has 1 aliphatic heterocycles. The molecule has 1 aliphatic rings. The average Bonchev–Trinajstić information content (AvgIpc) is 2.83. The van der Waals surface area contributed by atoms with E-state index in [9.17, 15) is 0 Å². The Morgan fingerprint density at radius 2 is 1.65 bits per heavy atom. The van der Waals surface area contributed by atoms with Crippen molar-refractivity contribution in [1.82, 2.24) is 0 Å². The Labute approximate surface area is 118 Å². The molecule has 0 N–H and O–H groups in total. The van der Waals surface area contributed by atoms with Gasteiger partial charge in [0.05, 0.1) is 11.4 Å². The van der Waals surface area contributed by atoms with Crippen LogP contribution in [-0.2, 0) is 12.7 Å². The molecule has 5 heteroatoms. The molecule has 100 valence electrons. The second-order valence-electron chi connectivity index (χ2n) is 4.12. The molecule has 1 saturated heterocycles. The van der Waals surface area contributed by atoms with Gasteiger partial charge < -0.3 is 9.80 Å². The van der Waals surface area contributed by atoms with Crippen molar-refractivity contribution in [3.05, 3.63) is 24.3 Å². The van der Waals surface area contributed by atoms with Gasteiger partial charge in [-0.15, -0.1) is 0 Å². The van der Waals surface area contributed by atoms with Crippen LogP contribution < -0.4 is 9.80 Å². The van der Waals surface area contributed by atoms with E-state index in [2.05, 4.69) is 48.2 Å². The second kappa shape index (κ2) is 8.08. The van der Waals surface area contributed by atoms with E-state index in [4.69, 9.17) is 20.4 Å². The van der Waals surface area contributed by atoms with Crippen LogP contribution in [0.2, 0.25) is 0 Å². The van der Waals surface area contributed by atoms with Crippen molar-refractivity contribution in [2.75, 3.05) is 37.0 Å². The Morgan fingerprint density at radius 3 is 2.18 bits per heavy atom. The predicted octanol–water partition coefficient (Wildman–Crippen LogP) is 3.73. The summed E-state index contributed by atoms with van der Waals surface area (Å²) in [6.45, 7) is 2.43. The van der Waals surface area contributed by atoms with Gasteiger partial charge in [0.1, 0.15) is 0 Å². The number of benzene rings is 1. The summed E-state index contributed by atoms with van der Waals surface area (Å²) < 4.78 is 0. The summed E-state index contributed by atoms with van der Waals surface area (Å²) in [7, 11) is 13.6. The molecule has 0 atom stereocenters. The van der Waals surface area contributed by atoms with Crippen molar-refractivity contribution < 1.29 is 12.7 Å². The van der Waals surface area contributed by atoms with Crippen molar-refractivity contribution in [3.8, 4) is 0 Å². The number of anilines is 2. The first-order chi connectivity index (χ1) is 8.20. The van der Waals surface area contributed by atoms with E-state index >= 15 is 0 Å². The fourth-order valence-corrected chi connectivity index (χ4v) is 2.07. The summed E-state index contributed by atoms with van der Waals surface area (Å²) in [4.78, 5) is 4.67. The Morgan fingerprint density at radius 1 is 1.12 bits per heavy atom. The van der Waals surface area contributed by atoms with Crippen LogP contribution in [0.25, 0.3) is 0 Å². The van der Waals surface area contributed by atoms with E-state index in [0.29, 0.717) is 12.7 Å². The van der Waals surface area contributed by atoms with Crippen LogP contribution in [0, 0.1) is 0 Å². The first-order valence-electron chi connectivity index (χ1n) is 5.54. The molecule has 1 heterocycles. The Kier molecular flexibility index (Phi) is 7.10. The van der Waals surface area contributed by atoms with E-state index in [1.807, 2.05) is 0 Å². The zero-order valence-electron chi connectivity index (χ0n) is 10.1. The minimum absolute atomic E-state index is 0.569. The van der Waals surface area contributed by atoms with Gasteiger partial charge in [0.25, 0.3) is 0 Å². The number of nitrogens with zero attached hydrogens (tertiary/aromatic N) is 2. The summed E-state index contributed by atoms with van der Waals surface area (Å²) in [5.74, 6) is 0. The van der Waals surface area contributed by atoms with Crippen LogP contribution in [0.4, 0.5) is 11.4 Å². The summed E-state index contributed by atoms with van der Waals surface area (Å²) in [5, 5.41) is 0. The third-order valence-corrected chi connectivity index (χ3v) is 2.81. The van der Waals surface area contributed by atoms with E-state index in [0.717, 1.165) is 0 Å². The molecule has 1 fully saturated rings.